The molecule has 140 valence electrons. The van der Waals surface area contributed by atoms with Gasteiger partial charge >= 0.3 is 12.1 Å². The summed E-state index contributed by atoms with van der Waals surface area (Å²) in [4.78, 5) is 23.1. The van der Waals surface area contributed by atoms with Crippen LogP contribution in [-0.2, 0) is 16.0 Å². The lowest BCUT2D eigenvalue weighted by molar-refractivity contribution is -0.139. The van der Waals surface area contributed by atoms with Crippen LogP contribution in [0.4, 0.5) is 4.79 Å². The maximum Gasteiger partial charge on any atom is 0.407 e. The van der Waals surface area contributed by atoms with Crippen molar-refractivity contribution in [2.24, 2.45) is 0 Å². The average molecular weight is 359 g/mol. The fourth-order valence-corrected chi connectivity index (χ4v) is 2.77. The summed E-state index contributed by atoms with van der Waals surface area (Å²) in [6.07, 6.45) is -2.11. The van der Waals surface area contributed by atoms with Crippen LogP contribution in [0.25, 0.3) is 10.8 Å². The van der Waals surface area contributed by atoms with Crippen molar-refractivity contribution < 1.29 is 24.5 Å². The Morgan fingerprint density at radius 3 is 2.42 bits per heavy atom. The van der Waals surface area contributed by atoms with Gasteiger partial charge in [0.15, 0.2) is 0 Å². The van der Waals surface area contributed by atoms with E-state index in [0.29, 0.717) is 0 Å². The number of carbonyl (C=O) groups excluding carboxylic acids is 1. The molecule has 0 bridgehead atoms. The molecule has 2 rings (SSSR count). The fourth-order valence-electron chi connectivity index (χ4n) is 2.77. The average Bonchev–Trinajstić information content (AvgIpc) is 2.52. The van der Waals surface area contributed by atoms with E-state index in [1.54, 1.807) is 20.8 Å². The number of hydrogen-bond donors (Lipinski definition) is 3. The summed E-state index contributed by atoms with van der Waals surface area (Å²) >= 11 is 0. The van der Waals surface area contributed by atoms with E-state index < -0.39 is 36.2 Å². The van der Waals surface area contributed by atoms with Crippen LogP contribution < -0.4 is 5.32 Å². The van der Waals surface area contributed by atoms with Crippen LogP contribution in [0.2, 0.25) is 0 Å². The summed E-state index contributed by atoms with van der Waals surface area (Å²) in [5.74, 6) is -1.13. The van der Waals surface area contributed by atoms with Gasteiger partial charge in [-0.1, -0.05) is 42.5 Å². The highest BCUT2D eigenvalue weighted by Crippen LogP contribution is 2.21. The molecule has 2 atom stereocenters. The van der Waals surface area contributed by atoms with Crippen LogP contribution in [-0.4, -0.2) is 40.0 Å². The van der Waals surface area contributed by atoms with Gasteiger partial charge < -0.3 is 20.3 Å². The number of fused-ring (bicyclic) bond motifs is 1. The van der Waals surface area contributed by atoms with Crippen molar-refractivity contribution in [2.45, 2.75) is 51.4 Å². The molecule has 0 heterocycles. The molecule has 0 aromatic heterocycles. The van der Waals surface area contributed by atoms with E-state index >= 15 is 0 Å². The zero-order valence-corrected chi connectivity index (χ0v) is 15.2. The Morgan fingerprint density at radius 2 is 1.77 bits per heavy atom. The molecule has 6 heteroatoms. The Balaban J connectivity index is 2.25. The normalized spacial score (nSPS) is 13.8. The summed E-state index contributed by atoms with van der Waals surface area (Å²) in [5.41, 5.74) is 0.222. The van der Waals surface area contributed by atoms with E-state index in [1.807, 2.05) is 42.5 Å². The molecule has 1 amide bonds. The second kappa shape index (κ2) is 8.19. The Morgan fingerprint density at radius 1 is 1.12 bits per heavy atom. The zero-order chi connectivity index (χ0) is 19.3. The van der Waals surface area contributed by atoms with Crippen molar-refractivity contribution in [3.05, 3.63) is 48.0 Å². The number of hydrogen-bond acceptors (Lipinski definition) is 4. The summed E-state index contributed by atoms with van der Waals surface area (Å²) < 4.78 is 5.24. The van der Waals surface area contributed by atoms with Gasteiger partial charge in [0, 0.05) is 0 Å². The third kappa shape index (κ3) is 5.74. The Labute approximate surface area is 152 Å². The summed E-state index contributed by atoms with van der Waals surface area (Å²) in [7, 11) is 0. The minimum atomic E-state index is -1.24. The Bertz CT molecular complexity index is 776. The molecule has 3 N–H and O–H groups in total. The topological polar surface area (TPSA) is 95.9 Å². The predicted octanol–water partition coefficient (Wildman–Crippen LogP) is 3.11. The number of alkyl carbamates (subject to hydrolysis) is 1. The molecule has 1 unspecified atom stereocenters. The highest BCUT2D eigenvalue weighted by Gasteiger charge is 2.27. The first kappa shape index (κ1) is 19.7. The molecule has 0 spiro atoms. The first-order chi connectivity index (χ1) is 12.2. The number of benzene rings is 2. The van der Waals surface area contributed by atoms with E-state index in [4.69, 9.17) is 9.84 Å². The second-order valence-electron chi connectivity index (χ2n) is 7.26. The van der Waals surface area contributed by atoms with Gasteiger partial charge in [-0.05, 0) is 43.5 Å². The molecular formula is C20H25NO5. The van der Waals surface area contributed by atoms with Gasteiger partial charge in [0.05, 0.1) is 18.6 Å². The van der Waals surface area contributed by atoms with Crippen LogP contribution >= 0.6 is 0 Å². The van der Waals surface area contributed by atoms with Gasteiger partial charge in [0.1, 0.15) is 5.60 Å². The molecule has 0 radical (unpaired) electrons. The molecule has 0 saturated carbocycles. The third-order valence-electron chi connectivity index (χ3n) is 3.87. The van der Waals surface area contributed by atoms with Crippen LogP contribution in [0, 0.1) is 0 Å². The van der Waals surface area contributed by atoms with Crippen molar-refractivity contribution in [3.63, 3.8) is 0 Å². The first-order valence-corrected chi connectivity index (χ1v) is 8.52. The fraction of sp³-hybridized carbons (Fsp3) is 0.400. The van der Waals surface area contributed by atoms with Gasteiger partial charge in [-0.25, -0.2) is 4.79 Å². The number of carbonyl (C=O) groups is 2. The van der Waals surface area contributed by atoms with E-state index in [-0.39, 0.29) is 6.42 Å². The van der Waals surface area contributed by atoms with E-state index in [0.717, 1.165) is 16.3 Å². The van der Waals surface area contributed by atoms with Crippen molar-refractivity contribution in [1.82, 2.24) is 5.32 Å². The monoisotopic (exact) mass is 359 g/mol. The van der Waals surface area contributed by atoms with Gasteiger partial charge in [-0.2, -0.15) is 0 Å². The number of aliphatic hydroxyl groups excluding tert-OH is 1. The van der Waals surface area contributed by atoms with Crippen molar-refractivity contribution in [3.8, 4) is 0 Å². The number of aliphatic carboxylic acids is 1. The molecule has 0 aliphatic rings. The number of nitrogens with one attached hydrogen (secondary N) is 1. The minimum absolute atomic E-state index is 0.287. The van der Waals surface area contributed by atoms with E-state index in [9.17, 15) is 14.7 Å². The quantitative estimate of drug-likeness (QED) is 0.736. The Kier molecular flexibility index (Phi) is 6.21. The summed E-state index contributed by atoms with van der Waals surface area (Å²) in [6, 6.07) is 12.8. The predicted molar refractivity (Wildman–Crippen MR) is 99.1 cm³/mol. The number of aliphatic hydroxyl groups is 1. The molecule has 0 aliphatic carbocycles. The maximum absolute atomic E-state index is 12.1. The number of ether oxygens (including phenoxy) is 1. The van der Waals surface area contributed by atoms with Crippen LogP contribution in [0.1, 0.15) is 32.8 Å². The zero-order valence-electron chi connectivity index (χ0n) is 15.2. The summed E-state index contributed by atoms with van der Waals surface area (Å²) in [5, 5.41) is 23.9. The molecule has 26 heavy (non-hydrogen) atoms. The van der Waals surface area contributed by atoms with E-state index in [2.05, 4.69) is 5.32 Å². The van der Waals surface area contributed by atoms with Crippen LogP contribution in [0.5, 0.6) is 0 Å². The second-order valence-corrected chi connectivity index (χ2v) is 7.26. The lowest BCUT2D eigenvalue weighted by atomic mass is 9.95. The number of amides is 1. The highest BCUT2D eigenvalue weighted by molar-refractivity contribution is 5.85. The Hall–Kier alpha value is -2.60. The van der Waals surface area contributed by atoms with Crippen LogP contribution in [0.15, 0.2) is 42.5 Å². The van der Waals surface area contributed by atoms with Crippen LogP contribution in [0.3, 0.4) is 0 Å². The molecule has 0 saturated heterocycles. The van der Waals surface area contributed by atoms with Gasteiger partial charge in [0.25, 0.3) is 0 Å². The standard InChI is InChI=1S/C20H25NO5/c1-20(2,3)26-19(25)21-16(17(22)12-18(23)24)11-14-9-6-8-13-7-4-5-10-15(13)14/h4-10,16-17,22H,11-12H2,1-3H3,(H,21,25)(H,23,24)/t16?,17-/m0/s1. The number of carboxylic acid groups (broad SMARTS) is 1. The largest absolute Gasteiger partial charge is 0.481 e. The lowest BCUT2D eigenvalue weighted by Gasteiger charge is -2.26. The SMILES string of the molecule is CC(C)(C)OC(=O)NC(Cc1cccc2ccccc12)[C@@H](O)CC(=O)O. The molecule has 2 aromatic rings. The smallest absolute Gasteiger partial charge is 0.407 e. The van der Waals surface area contributed by atoms with Gasteiger partial charge in [-0.15, -0.1) is 0 Å². The molecule has 2 aromatic carbocycles. The number of carboxylic acids is 1. The van der Waals surface area contributed by atoms with E-state index in [1.165, 1.54) is 0 Å². The van der Waals surface area contributed by atoms with Gasteiger partial charge in [0.2, 0.25) is 0 Å². The first-order valence-electron chi connectivity index (χ1n) is 8.52. The van der Waals surface area contributed by atoms with Gasteiger partial charge in [-0.3, -0.25) is 4.79 Å². The highest BCUT2D eigenvalue weighted by atomic mass is 16.6. The lowest BCUT2D eigenvalue weighted by Crippen LogP contribution is -2.47. The maximum atomic E-state index is 12.1. The molecule has 0 fully saturated rings. The minimum Gasteiger partial charge on any atom is -0.481 e. The van der Waals surface area contributed by atoms with Crippen molar-refractivity contribution in [1.29, 1.82) is 0 Å². The van der Waals surface area contributed by atoms with Crippen molar-refractivity contribution >= 4 is 22.8 Å². The van der Waals surface area contributed by atoms with Crippen molar-refractivity contribution in [2.75, 3.05) is 0 Å². The molecule has 6 nitrogen and oxygen atoms in total. The summed E-state index contributed by atoms with van der Waals surface area (Å²) in [6.45, 7) is 5.21. The third-order valence-corrected chi connectivity index (χ3v) is 3.87. The number of rotatable bonds is 6. The molecule has 0 aliphatic heterocycles. The molecular weight excluding hydrogens is 334 g/mol.